The highest BCUT2D eigenvalue weighted by molar-refractivity contribution is 9.10. The second-order valence-electron chi connectivity index (χ2n) is 4.39. The lowest BCUT2D eigenvalue weighted by Crippen LogP contribution is -2.24. The molecule has 0 aliphatic rings. The minimum atomic E-state index is -0.0598. The fourth-order valence-electron chi connectivity index (χ4n) is 1.73. The molecule has 0 saturated heterocycles. The summed E-state index contributed by atoms with van der Waals surface area (Å²) in [7, 11) is 0. The summed E-state index contributed by atoms with van der Waals surface area (Å²) in [4.78, 5) is 11.9. The van der Waals surface area contributed by atoms with E-state index in [1.807, 2.05) is 6.92 Å². The van der Waals surface area contributed by atoms with Crippen LogP contribution < -0.4 is 10.9 Å². The summed E-state index contributed by atoms with van der Waals surface area (Å²) < 4.78 is 2.08. The Morgan fingerprint density at radius 3 is 2.72 bits per heavy atom. The lowest BCUT2D eigenvalue weighted by molar-refractivity contribution is 0.565. The van der Waals surface area contributed by atoms with Crippen LogP contribution in [0.2, 0.25) is 0 Å². The number of rotatable bonds is 8. The van der Waals surface area contributed by atoms with Crippen molar-refractivity contribution in [3.8, 4) is 0 Å². The Balaban J connectivity index is 2.57. The number of aromatic nitrogens is 2. The number of halogens is 1. The fourth-order valence-corrected chi connectivity index (χ4v) is 2.18. The average Bonchev–Trinajstić information content (AvgIpc) is 2.37. The van der Waals surface area contributed by atoms with Crippen molar-refractivity contribution in [2.75, 3.05) is 11.9 Å². The highest BCUT2D eigenvalue weighted by atomic mass is 79.9. The monoisotopic (exact) mass is 315 g/mol. The molecule has 0 unspecified atom stereocenters. The predicted molar refractivity (Wildman–Crippen MR) is 79.1 cm³/mol. The van der Waals surface area contributed by atoms with E-state index >= 15 is 0 Å². The molecule has 1 aromatic rings. The van der Waals surface area contributed by atoms with Gasteiger partial charge in [-0.15, -0.1) is 0 Å². The summed E-state index contributed by atoms with van der Waals surface area (Å²) in [5.74, 6) is 0. The third-order valence-electron chi connectivity index (χ3n) is 2.77. The van der Waals surface area contributed by atoms with Gasteiger partial charge < -0.3 is 5.32 Å². The lowest BCUT2D eigenvalue weighted by Gasteiger charge is -2.09. The van der Waals surface area contributed by atoms with Crippen LogP contribution in [0.1, 0.15) is 46.0 Å². The van der Waals surface area contributed by atoms with Gasteiger partial charge in [0.1, 0.15) is 4.47 Å². The van der Waals surface area contributed by atoms with E-state index < -0.39 is 0 Å². The van der Waals surface area contributed by atoms with Crippen molar-refractivity contribution in [3.63, 3.8) is 0 Å². The molecular weight excluding hydrogens is 294 g/mol. The topological polar surface area (TPSA) is 46.9 Å². The number of nitrogens with one attached hydrogen (secondary N) is 1. The van der Waals surface area contributed by atoms with Crippen molar-refractivity contribution in [3.05, 3.63) is 21.0 Å². The molecule has 0 aromatic carbocycles. The SMILES string of the molecule is CCCCCCNc1cnn(CCC)c(=O)c1Br. The summed E-state index contributed by atoms with van der Waals surface area (Å²) >= 11 is 3.35. The maximum atomic E-state index is 11.9. The highest BCUT2D eigenvalue weighted by Gasteiger charge is 2.07. The lowest BCUT2D eigenvalue weighted by atomic mass is 10.2. The van der Waals surface area contributed by atoms with Crippen LogP contribution in [0.3, 0.4) is 0 Å². The van der Waals surface area contributed by atoms with E-state index in [0.29, 0.717) is 11.0 Å². The van der Waals surface area contributed by atoms with Crippen LogP contribution in [-0.4, -0.2) is 16.3 Å². The van der Waals surface area contributed by atoms with Crippen molar-refractivity contribution < 1.29 is 0 Å². The molecule has 0 aliphatic heterocycles. The molecule has 0 spiro atoms. The zero-order valence-corrected chi connectivity index (χ0v) is 12.8. The van der Waals surface area contributed by atoms with Crippen molar-refractivity contribution in [1.29, 1.82) is 0 Å². The second-order valence-corrected chi connectivity index (χ2v) is 5.18. The maximum absolute atomic E-state index is 11.9. The van der Waals surface area contributed by atoms with Gasteiger partial charge in [-0.1, -0.05) is 33.1 Å². The van der Waals surface area contributed by atoms with Gasteiger partial charge in [-0.2, -0.15) is 5.10 Å². The Labute approximate surface area is 117 Å². The number of hydrogen-bond acceptors (Lipinski definition) is 3. The number of unbranched alkanes of at least 4 members (excludes halogenated alkanes) is 3. The van der Waals surface area contributed by atoms with Crippen LogP contribution in [0.5, 0.6) is 0 Å². The predicted octanol–water partition coefficient (Wildman–Crippen LogP) is 3.41. The third-order valence-corrected chi connectivity index (χ3v) is 3.53. The van der Waals surface area contributed by atoms with E-state index in [0.717, 1.165) is 25.1 Å². The minimum absolute atomic E-state index is 0.0598. The van der Waals surface area contributed by atoms with Crippen LogP contribution in [0.25, 0.3) is 0 Å². The molecule has 0 saturated carbocycles. The molecule has 1 aromatic heterocycles. The first-order valence-corrected chi connectivity index (χ1v) is 7.49. The Bertz CT molecular complexity index is 417. The quantitative estimate of drug-likeness (QED) is 0.748. The number of hydrogen-bond donors (Lipinski definition) is 1. The van der Waals surface area contributed by atoms with Gasteiger partial charge >= 0.3 is 0 Å². The minimum Gasteiger partial charge on any atom is -0.383 e. The molecule has 0 bridgehead atoms. The Morgan fingerprint density at radius 2 is 2.06 bits per heavy atom. The van der Waals surface area contributed by atoms with Crippen molar-refractivity contribution in [2.24, 2.45) is 0 Å². The van der Waals surface area contributed by atoms with Crippen LogP contribution in [-0.2, 0) is 6.54 Å². The molecule has 1 N–H and O–H groups in total. The summed E-state index contributed by atoms with van der Waals surface area (Å²) in [6, 6.07) is 0. The Morgan fingerprint density at radius 1 is 1.28 bits per heavy atom. The van der Waals surface area contributed by atoms with Gasteiger partial charge in [0.15, 0.2) is 0 Å². The first-order chi connectivity index (χ1) is 8.70. The molecule has 0 atom stereocenters. The smallest absolute Gasteiger partial charge is 0.283 e. The molecule has 4 nitrogen and oxygen atoms in total. The molecule has 0 radical (unpaired) electrons. The maximum Gasteiger partial charge on any atom is 0.283 e. The van der Waals surface area contributed by atoms with Crippen LogP contribution >= 0.6 is 15.9 Å². The van der Waals surface area contributed by atoms with Gasteiger partial charge in [0.05, 0.1) is 11.9 Å². The van der Waals surface area contributed by atoms with Crippen molar-refractivity contribution >= 4 is 21.6 Å². The van der Waals surface area contributed by atoms with Crippen LogP contribution in [0.15, 0.2) is 15.5 Å². The van der Waals surface area contributed by atoms with E-state index in [9.17, 15) is 4.79 Å². The van der Waals surface area contributed by atoms with Gasteiger partial charge in [-0.3, -0.25) is 4.79 Å². The molecule has 0 amide bonds. The molecule has 0 aliphatic carbocycles. The van der Waals surface area contributed by atoms with Crippen LogP contribution in [0, 0.1) is 0 Å². The first kappa shape index (κ1) is 15.2. The van der Waals surface area contributed by atoms with Gasteiger partial charge in [-0.25, -0.2) is 4.68 Å². The third kappa shape index (κ3) is 4.44. The molecule has 18 heavy (non-hydrogen) atoms. The van der Waals surface area contributed by atoms with E-state index in [4.69, 9.17) is 0 Å². The zero-order valence-electron chi connectivity index (χ0n) is 11.2. The molecule has 1 heterocycles. The first-order valence-electron chi connectivity index (χ1n) is 6.70. The molecule has 1 rings (SSSR count). The van der Waals surface area contributed by atoms with Gasteiger partial charge in [-0.05, 0) is 28.8 Å². The van der Waals surface area contributed by atoms with Gasteiger partial charge in [0.2, 0.25) is 0 Å². The van der Waals surface area contributed by atoms with Crippen LogP contribution in [0.4, 0.5) is 5.69 Å². The largest absolute Gasteiger partial charge is 0.383 e. The van der Waals surface area contributed by atoms with Gasteiger partial charge in [0.25, 0.3) is 5.56 Å². The molecule has 0 fully saturated rings. The van der Waals surface area contributed by atoms with Crippen molar-refractivity contribution in [1.82, 2.24) is 9.78 Å². The summed E-state index contributed by atoms with van der Waals surface area (Å²) in [5.41, 5.74) is 0.735. The molecule has 5 heteroatoms. The number of nitrogens with zero attached hydrogens (tertiary/aromatic N) is 2. The van der Waals surface area contributed by atoms with E-state index in [-0.39, 0.29) is 5.56 Å². The van der Waals surface area contributed by atoms with Crippen molar-refractivity contribution in [2.45, 2.75) is 52.5 Å². The van der Waals surface area contributed by atoms with E-state index in [1.165, 1.54) is 23.9 Å². The average molecular weight is 316 g/mol. The summed E-state index contributed by atoms with van der Waals surface area (Å²) in [6.07, 6.45) is 7.47. The Kier molecular flexibility index (Phi) is 7.01. The standard InChI is InChI=1S/C13H22BrN3O/c1-3-5-6-7-8-15-11-10-16-17(9-4-2)13(18)12(11)14/h10,15H,3-9H2,1-2H3. The molecule has 102 valence electrons. The Hall–Kier alpha value is -0.840. The highest BCUT2D eigenvalue weighted by Crippen LogP contribution is 2.16. The summed E-state index contributed by atoms with van der Waals surface area (Å²) in [6.45, 7) is 5.77. The number of anilines is 1. The van der Waals surface area contributed by atoms with Gasteiger partial charge in [0, 0.05) is 13.1 Å². The van der Waals surface area contributed by atoms with E-state index in [2.05, 4.69) is 33.3 Å². The van der Waals surface area contributed by atoms with E-state index in [1.54, 1.807) is 6.20 Å². The second kappa shape index (κ2) is 8.29. The molecular formula is C13H22BrN3O. The normalized spacial score (nSPS) is 10.6. The fraction of sp³-hybridized carbons (Fsp3) is 0.692. The number of aryl methyl sites for hydroxylation is 1. The zero-order chi connectivity index (χ0) is 13.4. The summed E-state index contributed by atoms with van der Waals surface area (Å²) in [5, 5.41) is 7.41.